The van der Waals surface area contributed by atoms with E-state index in [1.54, 1.807) is 10.7 Å². The quantitative estimate of drug-likeness (QED) is 0.744. The van der Waals surface area contributed by atoms with E-state index in [2.05, 4.69) is 20.3 Å². The molecule has 130 valence electrons. The summed E-state index contributed by atoms with van der Waals surface area (Å²) in [5.74, 6) is -0.172. The normalized spacial score (nSPS) is 15.1. The van der Waals surface area contributed by atoms with Gasteiger partial charge in [-0.1, -0.05) is 29.0 Å². The van der Waals surface area contributed by atoms with E-state index >= 15 is 0 Å². The van der Waals surface area contributed by atoms with Crippen LogP contribution in [0.25, 0.3) is 16.8 Å². The van der Waals surface area contributed by atoms with Crippen LogP contribution in [-0.4, -0.2) is 51.6 Å². The van der Waals surface area contributed by atoms with E-state index in [4.69, 9.17) is 11.6 Å². The first-order valence-corrected chi connectivity index (χ1v) is 9.51. The third kappa shape index (κ3) is 3.40. The number of amides is 1. The first kappa shape index (κ1) is 16.5. The molecule has 0 unspecified atom stereocenters. The summed E-state index contributed by atoms with van der Waals surface area (Å²) >= 11 is 7.55. The van der Waals surface area contributed by atoms with E-state index < -0.39 is 0 Å². The molecule has 8 heteroatoms. The Bertz CT molecular complexity index is 899. The van der Waals surface area contributed by atoms with E-state index in [-0.39, 0.29) is 5.91 Å². The van der Waals surface area contributed by atoms with Crippen molar-refractivity contribution in [3.8, 4) is 11.3 Å². The molecule has 0 bridgehead atoms. The van der Waals surface area contributed by atoms with Gasteiger partial charge >= 0.3 is 0 Å². The Morgan fingerprint density at radius 3 is 3.00 bits per heavy atom. The number of halogens is 1. The SMILES string of the molecule is O=C(NCCN1CCCC1)c1nc(-c2cnn3ccccc23)c(Cl)s1. The lowest BCUT2D eigenvalue weighted by atomic mass is 10.2. The van der Waals surface area contributed by atoms with Gasteiger partial charge in [-0.25, -0.2) is 9.50 Å². The summed E-state index contributed by atoms with van der Waals surface area (Å²) < 4.78 is 2.27. The number of carbonyl (C=O) groups excluding carboxylic acids is 1. The summed E-state index contributed by atoms with van der Waals surface area (Å²) in [6, 6.07) is 5.80. The zero-order valence-electron chi connectivity index (χ0n) is 13.6. The number of nitrogens with one attached hydrogen (secondary N) is 1. The van der Waals surface area contributed by atoms with Gasteiger partial charge in [0.2, 0.25) is 0 Å². The smallest absolute Gasteiger partial charge is 0.280 e. The molecule has 1 amide bonds. The first-order valence-electron chi connectivity index (χ1n) is 8.32. The number of hydrogen-bond donors (Lipinski definition) is 1. The minimum atomic E-state index is -0.172. The Morgan fingerprint density at radius 1 is 1.32 bits per heavy atom. The summed E-state index contributed by atoms with van der Waals surface area (Å²) in [5.41, 5.74) is 2.35. The van der Waals surface area contributed by atoms with Crippen LogP contribution in [0.3, 0.4) is 0 Å². The number of likely N-dealkylation sites (tertiary alicyclic amines) is 1. The van der Waals surface area contributed by atoms with Gasteiger partial charge in [0.25, 0.3) is 5.91 Å². The number of aromatic nitrogens is 3. The molecule has 1 saturated heterocycles. The molecule has 6 nitrogen and oxygen atoms in total. The third-order valence-corrected chi connectivity index (χ3v) is 5.63. The minimum absolute atomic E-state index is 0.172. The maximum Gasteiger partial charge on any atom is 0.280 e. The molecule has 0 aliphatic carbocycles. The molecule has 0 spiro atoms. The lowest BCUT2D eigenvalue weighted by molar-refractivity contribution is 0.0949. The minimum Gasteiger partial charge on any atom is -0.349 e. The summed E-state index contributed by atoms with van der Waals surface area (Å²) in [4.78, 5) is 19.2. The van der Waals surface area contributed by atoms with E-state index in [1.165, 1.54) is 24.2 Å². The van der Waals surface area contributed by atoms with Gasteiger partial charge in [0.05, 0.1) is 11.7 Å². The summed E-state index contributed by atoms with van der Waals surface area (Å²) in [6.07, 6.45) is 6.09. The van der Waals surface area contributed by atoms with Gasteiger partial charge in [-0.3, -0.25) is 4.79 Å². The Balaban J connectivity index is 1.48. The average Bonchev–Trinajstić information content (AvgIpc) is 3.34. The second kappa shape index (κ2) is 7.11. The largest absolute Gasteiger partial charge is 0.349 e. The molecule has 1 N–H and O–H groups in total. The maximum absolute atomic E-state index is 12.4. The van der Waals surface area contributed by atoms with E-state index in [9.17, 15) is 4.79 Å². The number of nitrogens with zero attached hydrogens (tertiary/aromatic N) is 4. The standard InChI is InChI=1S/C17H18ClN5OS/c18-15-14(12-11-20-23-9-2-1-5-13(12)23)21-17(25-15)16(24)19-6-10-22-7-3-4-8-22/h1-2,5,9,11H,3-4,6-8,10H2,(H,19,24). The Morgan fingerprint density at radius 2 is 2.16 bits per heavy atom. The number of thiazole rings is 1. The molecule has 0 saturated carbocycles. The van der Waals surface area contributed by atoms with Crippen LogP contribution in [0.2, 0.25) is 4.34 Å². The Hall–Kier alpha value is -1.96. The van der Waals surface area contributed by atoms with Crippen molar-refractivity contribution in [2.75, 3.05) is 26.2 Å². The molecule has 0 radical (unpaired) electrons. The molecule has 3 aromatic heterocycles. The number of hydrogen-bond acceptors (Lipinski definition) is 5. The molecular formula is C17H18ClN5OS. The molecule has 1 fully saturated rings. The van der Waals surface area contributed by atoms with Gasteiger partial charge < -0.3 is 10.2 Å². The Kier molecular flexibility index (Phi) is 4.70. The molecule has 0 aromatic carbocycles. The highest BCUT2D eigenvalue weighted by Gasteiger charge is 2.19. The number of pyridine rings is 1. The van der Waals surface area contributed by atoms with Crippen LogP contribution < -0.4 is 5.32 Å². The molecule has 4 rings (SSSR count). The van der Waals surface area contributed by atoms with Crippen molar-refractivity contribution in [2.24, 2.45) is 0 Å². The molecule has 4 heterocycles. The zero-order valence-corrected chi connectivity index (χ0v) is 15.2. The number of carbonyl (C=O) groups is 1. The number of fused-ring (bicyclic) bond motifs is 1. The fraction of sp³-hybridized carbons (Fsp3) is 0.353. The second-order valence-corrected chi connectivity index (χ2v) is 7.64. The fourth-order valence-electron chi connectivity index (χ4n) is 3.09. The van der Waals surface area contributed by atoms with Gasteiger partial charge in [0, 0.05) is 24.8 Å². The highest BCUT2D eigenvalue weighted by molar-refractivity contribution is 7.18. The van der Waals surface area contributed by atoms with E-state index in [1.807, 2.05) is 24.4 Å². The topological polar surface area (TPSA) is 62.5 Å². The van der Waals surface area contributed by atoms with Gasteiger partial charge in [0.15, 0.2) is 5.01 Å². The van der Waals surface area contributed by atoms with Crippen molar-refractivity contribution >= 4 is 34.4 Å². The molecule has 1 aliphatic heterocycles. The summed E-state index contributed by atoms with van der Waals surface area (Å²) in [5, 5.41) is 7.62. The van der Waals surface area contributed by atoms with Crippen LogP contribution in [0.1, 0.15) is 22.6 Å². The van der Waals surface area contributed by atoms with Gasteiger partial charge in [-0.15, -0.1) is 0 Å². The van der Waals surface area contributed by atoms with Crippen LogP contribution >= 0.6 is 22.9 Å². The average molecular weight is 376 g/mol. The van der Waals surface area contributed by atoms with Crippen LogP contribution in [-0.2, 0) is 0 Å². The van der Waals surface area contributed by atoms with Gasteiger partial charge in [-0.2, -0.15) is 5.10 Å². The highest BCUT2D eigenvalue weighted by atomic mass is 35.5. The second-order valence-electron chi connectivity index (χ2n) is 6.03. The first-order chi connectivity index (χ1) is 12.2. The van der Waals surface area contributed by atoms with Gasteiger partial charge in [0.1, 0.15) is 10.0 Å². The van der Waals surface area contributed by atoms with Gasteiger partial charge in [-0.05, 0) is 38.1 Å². The molecule has 0 atom stereocenters. The zero-order chi connectivity index (χ0) is 17.2. The molecule has 1 aliphatic rings. The third-order valence-electron chi connectivity index (χ3n) is 4.37. The van der Waals surface area contributed by atoms with E-state index in [0.29, 0.717) is 21.6 Å². The van der Waals surface area contributed by atoms with Crippen LogP contribution in [0.5, 0.6) is 0 Å². The maximum atomic E-state index is 12.4. The summed E-state index contributed by atoms with van der Waals surface area (Å²) in [6.45, 7) is 3.75. The van der Waals surface area contributed by atoms with Crippen molar-refractivity contribution < 1.29 is 4.79 Å². The highest BCUT2D eigenvalue weighted by Crippen LogP contribution is 2.34. The lowest BCUT2D eigenvalue weighted by Gasteiger charge is -2.14. The lowest BCUT2D eigenvalue weighted by Crippen LogP contribution is -2.33. The predicted octanol–water partition coefficient (Wildman–Crippen LogP) is 2.94. The fourth-order valence-corrected chi connectivity index (χ4v) is 4.18. The van der Waals surface area contributed by atoms with Crippen molar-refractivity contribution in [2.45, 2.75) is 12.8 Å². The molecule has 25 heavy (non-hydrogen) atoms. The molecular weight excluding hydrogens is 358 g/mol. The monoisotopic (exact) mass is 375 g/mol. The van der Waals surface area contributed by atoms with Crippen LogP contribution in [0.15, 0.2) is 30.6 Å². The van der Waals surface area contributed by atoms with Crippen LogP contribution in [0.4, 0.5) is 0 Å². The van der Waals surface area contributed by atoms with E-state index in [0.717, 1.165) is 30.7 Å². The van der Waals surface area contributed by atoms with Crippen molar-refractivity contribution in [3.05, 3.63) is 39.9 Å². The molecule has 3 aromatic rings. The summed E-state index contributed by atoms with van der Waals surface area (Å²) in [7, 11) is 0. The van der Waals surface area contributed by atoms with Crippen molar-refractivity contribution in [1.29, 1.82) is 0 Å². The van der Waals surface area contributed by atoms with Crippen LogP contribution in [0, 0.1) is 0 Å². The Labute approximate surface area is 154 Å². The van der Waals surface area contributed by atoms with Crippen molar-refractivity contribution in [1.82, 2.24) is 24.8 Å². The predicted molar refractivity (Wildman–Crippen MR) is 99.3 cm³/mol. The van der Waals surface area contributed by atoms with Crippen molar-refractivity contribution in [3.63, 3.8) is 0 Å². The number of rotatable bonds is 5.